The Kier molecular flexibility index (Phi) is 9.38. The number of carbonyl (C=O) groups excluding carboxylic acids is 1. The number of methoxy groups -OCH3 is 1. The number of fused-ring (bicyclic) bond motifs is 5. The third-order valence-corrected chi connectivity index (χ3v) is 10.9. The zero-order valence-corrected chi connectivity index (χ0v) is 26.9. The van der Waals surface area contributed by atoms with Crippen molar-refractivity contribution in [2.24, 2.45) is 11.1 Å². The van der Waals surface area contributed by atoms with Gasteiger partial charge in [-0.25, -0.2) is 9.93 Å². The number of carboxylic acids is 1. The first-order chi connectivity index (χ1) is 20.9. The third-order valence-electron chi connectivity index (χ3n) is 9.80. The largest absolute Gasteiger partial charge is 0.497 e. The van der Waals surface area contributed by atoms with Crippen LogP contribution in [0.1, 0.15) is 90.9 Å². The number of aromatic carboxylic acids is 1. The van der Waals surface area contributed by atoms with E-state index < -0.39 is 16.2 Å². The van der Waals surface area contributed by atoms with E-state index in [1.165, 1.54) is 26.3 Å². The van der Waals surface area contributed by atoms with Crippen LogP contribution >= 0.6 is 0 Å². The van der Waals surface area contributed by atoms with Gasteiger partial charge in [0, 0.05) is 50.9 Å². The fourth-order valence-electron chi connectivity index (χ4n) is 7.34. The number of ether oxygens (including phenoxy) is 1. The van der Waals surface area contributed by atoms with E-state index in [2.05, 4.69) is 11.0 Å². The number of nitrogens with two attached hydrogens (primary N) is 1. The monoisotopic (exact) mass is 624 g/mol. The Hall–Kier alpha value is -3.41. The summed E-state index contributed by atoms with van der Waals surface area (Å²) in [5, 5.41) is 15.1. The highest BCUT2D eigenvalue weighted by molar-refractivity contribution is 7.86. The number of carboxylic acid groups (broad SMARTS) is 1. The lowest BCUT2D eigenvalue weighted by atomic mass is 9.72. The minimum Gasteiger partial charge on any atom is -0.497 e. The van der Waals surface area contributed by atoms with E-state index in [4.69, 9.17) is 9.88 Å². The highest BCUT2D eigenvalue weighted by atomic mass is 32.2. The number of hydrogen-bond acceptors (Lipinski definition) is 6. The van der Waals surface area contributed by atoms with Crippen LogP contribution in [0.2, 0.25) is 0 Å². The molecule has 0 aromatic heterocycles. The molecule has 0 saturated heterocycles. The van der Waals surface area contributed by atoms with E-state index in [1.54, 1.807) is 31.2 Å². The van der Waals surface area contributed by atoms with Gasteiger partial charge < -0.3 is 19.6 Å². The number of benzene rings is 2. The van der Waals surface area contributed by atoms with Gasteiger partial charge in [-0.15, -0.1) is 0 Å². The Morgan fingerprint density at radius 3 is 2.36 bits per heavy atom. The molecule has 0 radical (unpaired) electrons. The molecule has 1 fully saturated rings. The van der Waals surface area contributed by atoms with Crippen LogP contribution in [0.25, 0.3) is 5.57 Å². The van der Waals surface area contributed by atoms with Crippen molar-refractivity contribution in [3.8, 4) is 5.75 Å². The summed E-state index contributed by atoms with van der Waals surface area (Å²) in [7, 11) is 1.11. The summed E-state index contributed by atoms with van der Waals surface area (Å²) >= 11 is 0. The molecule has 2 atom stereocenters. The molecular formula is C33H44N4O6S. The maximum absolute atomic E-state index is 14.2. The summed E-state index contributed by atoms with van der Waals surface area (Å²) in [5.41, 5.74) is 5.94. The summed E-state index contributed by atoms with van der Waals surface area (Å²) < 4.78 is 29.8. The van der Waals surface area contributed by atoms with Crippen molar-refractivity contribution in [3.05, 3.63) is 64.2 Å². The van der Waals surface area contributed by atoms with E-state index in [-0.39, 0.29) is 30.0 Å². The van der Waals surface area contributed by atoms with Crippen molar-refractivity contribution in [1.82, 2.24) is 9.21 Å². The van der Waals surface area contributed by atoms with Crippen LogP contribution in [0.15, 0.2) is 42.0 Å². The molecule has 1 saturated carbocycles. The Morgan fingerprint density at radius 2 is 1.70 bits per heavy atom. The average molecular weight is 625 g/mol. The van der Waals surface area contributed by atoms with Gasteiger partial charge in [0.05, 0.1) is 18.7 Å². The van der Waals surface area contributed by atoms with Crippen molar-refractivity contribution in [3.63, 3.8) is 0 Å². The molecular weight excluding hydrogens is 580 g/mol. The normalized spacial score (nSPS) is 20.2. The average Bonchev–Trinajstić information content (AvgIpc) is 3.27. The molecule has 10 nitrogen and oxygen atoms in total. The second-order valence-electron chi connectivity index (χ2n) is 12.4. The standard InChI is InChI=1S/C33H44N4O6S/c1-21-27-19-24(43-4)13-15-25(27)31-30(22-10-6-5-7-11-22)26-14-12-23(33(39)40)18-29(26)37(31)20-28(21)32(38)35(2)16-8-9-17-36(3)44(34,41)42/h12-15,18-19,22,30-31H,5-11,16-17,20H2,1-4H3,(H,39,40)(H2,34,41,42). The Labute approximate surface area is 260 Å². The summed E-state index contributed by atoms with van der Waals surface area (Å²) in [6.45, 7) is 3.07. The number of anilines is 1. The Balaban J connectivity index is 1.53. The second kappa shape index (κ2) is 12.9. The number of allylic oxidation sites excluding steroid dienone is 1. The van der Waals surface area contributed by atoms with Gasteiger partial charge in [-0.2, -0.15) is 12.7 Å². The van der Waals surface area contributed by atoms with Gasteiger partial charge in [0.1, 0.15) is 5.75 Å². The maximum atomic E-state index is 14.2. The van der Waals surface area contributed by atoms with E-state index in [1.807, 2.05) is 25.1 Å². The summed E-state index contributed by atoms with van der Waals surface area (Å²) in [6, 6.07) is 11.6. The highest BCUT2D eigenvalue weighted by Crippen LogP contribution is 2.57. The van der Waals surface area contributed by atoms with Gasteiger partial charge in [-0.3, -0.25) is 4.79 Å². The predicted octanol–water partition coefficient (Wildman–Crippen LogP) is 4.78. The van der Waals surface area contributed by atoms with Gasteiger partial charge in [0.15, 0.2) is 0 Å². The van der Waals surface area contributed by atoms with Gasteiger partial charge in [0.2, 0.25) is 0 Å². The van der Waals surface area contributed by atoms with Gasteiger partial charge in [-0.1, -0.05) is 31.4 Å². The second-order valence-corrected chi connectivity index (χ2v) is 14.1. The molecule has 0 bridgehead atoms. The number of unbranched alkanes of at least 4 members (excludes halogenated alkanes) is 1. The smallest absolute Gasteiger partial charge is 0.335 e. The number of likely N-dealkylation sites (N-methyl/N-ethyl adjacent to an activating group) is 1. The maximum Gasteiger partial charge on any atom is 0.335 e. The SMILES string of the molecule is COc1ccc2c(c1)C(C)=C(C(=O)N(C)CCCCN(C)S(N)(=O)=O)CN1c3cc(C(=O)O)ccc3C(C3CCCCC3)C21. The molecule has 3 aliphatic rings. The van der Waals surface area contributed by atoms with Crippen molar-refractivity contribution < 1.29 is 27.9 Å². The Bertz CT molecular complexity index is 1570. The minimum atomic E-state index is -3.74. The molecule has 238 valence electrons. The molecule has 2 aliphatic heterocycles. The molecule has 2 unspecified atom stereocenters. The first-order valence-electron chi connectivity index (χ1n) is 15.4. The summed E-state index contributed by atoms with van der Waals surface area (Å²) in [5.74, 6) is 0.276. The lowest BCUT2D eigenvalue weighted by Gasteiger charge is -2.36. The zero-order chi connectivity index (χ0) is 31.8. The van der Waals surface area contributed by atoms with Crippen LogP contribution in [0.3, 0.4) is 0 Å². The molecule has 2 aromatic rings. The van der Waals surface area contributed by atoms with Crippen LogP contribution < -0.4 is 14.8 Å². The van der Waals surface area contributed by atoms with Crippen molar-refractivity contribution in [2.45, 2.75) is 63.8 Å². The fraction of sp³-hybridized carbons (Fsp3) is 0.515. The Morgan fingerprint density at radius 1 is 1.02 bits per heavy atom. The first-order valence-corrected chi connectivity index (χ1v) is 16.9. The molecule has 0 spiro atoms. The van der Waals surface area contributed by atoms with E-state index >= 15 is 0 Å². The van der Waals surface area contributed by atoms with Crippen LogP contribution in [0.5, 0.6) is 5.75 Å². The molecule has 44 heavy (non-hydrogen) atoms. The lowest BCUT2D eigenvalue weighted by Crippen LogP contribution is -2.36. The van der Waals surface area contributed by atoms with Crippen molar-refractivity contribution >= 4 is 33.3 Å². The van der Waals surface area contributed by atoms with Crippen LogP contribution in [0.4, 0.5) is 5.69 Å². The minimum absolute atomic E-state index is 0.0441. The molecule has 5 rings (SSSR count). The molecule has 11 heteroatoms. The first kappa shape index (κ1) is 32.0. The summed E-state index contributed by atoms with van der Waals surface area (Å²) in [6.07, 6.45) is 7.03. The lowest BCUT2D eigenvalue weighted by molar-refractivity contribution is -0.125. The molecule has 3 N–H and O–H groups in total. The highest BCUT2D eigenvalue weighted by Gasteiger charge is 2.46. The predicted molar refractivity (Wildman–Crippen MR) is 171 cm³/mol. The molecule has 1 amide bonds. The molecule has 2 heterocycles. The number of carbonyl (C=O) groups is 2. The van der Waals surface area contributed by atoms with Gasteiger partial charge in [-0.05, 0) is 85.1 Å². The zero-order valence-electron chi connectivity index (χ0n) is 26.1. The van der Waals surface area contributed by atoms with E-state index in [0.29, 0.717) is 43.2 Å². The van der Waals surface area contributed by atoms with Crippen LogP contribution in [0, 0.1) is 5.92 Å². The van der Waals surface area contributed by atoms with Crippen molar-refractivity contribution in [1.29, 1.82) is 0 Å². The number of hydrogen-bond donors (Lipinski definition) is 2. The van der Waals surface area contributed by atoms with Gasteiger partial charge in [0.25, 0.3) is 16.1 Å². The quantitative estimate of drug-likeness (QED) is 0.364. The third kappa shape index (κ3) is 6.23. The fourth-order valence-corrected chi connectivity index (χ4v) is 7.72. The van der Waals surface area contributed by atoms with Crippen LogP contribution in [-0.4, -0.2) is 75.4 Å². The number of nitrogens with zero attached hydrogens (tertiary/aromatic N) is 3. The van der Waals surface area contributed by atoms with Crippen LogP contribution in [-0.2, 0) is 15.0 Å². The number of rotatable bonds is 10. The number of amides is 1. The van der Waals surface area contributed by atoms with Gasteiger partial charge >= 0.3 is 5.97 Å². The van der Waals surface area contributed by atoms with Crippen molar-refractivity contribution in [2.75, 3.05) is 45.7 Å². The molecule has 2 aromatic carbocycles. The summed E-state index contributed by atoms with van der Waals surface area (Å²) in [4.78, 5) is 30.2. The topological polar surface area (TPSA) is 133 Å². The van der Waals surface area contributed by atoms with E-state index in [9.17, 15) is 23.1 Å². The molecule has 1 aliphatic carbocycles. The van der Waals surface area contributed by atoms with E-state index in [0.717, 1.165) is 45.1 Å².